The van der Waals surface area contributed by atoms with E-state index in [-0.39, 0.29) is 38.9 Å². The highest BCUT2D eigenvalue weighted by Gasteiger charge is 2.33. The van der Waals surface area contributed by atoms with Crippen molar-refractivity contribution in [2.45, 2.75) is 291 Å². The first-order valence-corrected chi connectivity index (χ1v) is 42.2. The third-order valence-electron chi connectivity index (χ3n) is 16.3. The van der Waals surface area contributed by atoms with Crippen molar-refractivity contribution >= 4 is 154 Å². The van der Waals surface area contributed by atoms with E-state index in [0.29, 0.717) is 52.1 Å². The first-order valence-electron chi connectivity index (χ1n) is 42.2. The molecule has 0 heterocycles. The highest BCUT2D eigenvalue weighted by atomic mass is 16.6. The summed E-state index contributed by atoms with van der Waals surface area (Å²) in [5, 5.41) is 59.9. The zero-order valence-electron chi connectivity index (χ0n) is 80.8. The second-order valence-electron chi connectivity index (χ2n) is 28.8. The normalized spacial score (nSPS) is 12.6. The molecule has 0 bridgehead atoms. The maximum atomic E-state index is 11.8. The first kappa shape index (κ1) is 138. The van der Waals surface area contributed by atoms with Gasteiger partial charge in [0.05, 0.1) is 44.9 Å². The van der Waals surface area contributed by atoms with Gasteiger partial charge >= 0.3 is 113 Å². The van der Waals surface area contributed by atoms with Gasteiger partial charge in [-0.25, -0.2) is 38.4 Å². The Bertz CT molecular complexity index is 3800. The standard InChI is InChI=1S/C17H26O10.C15H24O8.C14H22O8.C12H20O6.C11H16O8.C9H14O6.C8H12O6/c1-11(18)13(9-14(19)20)27-17(23)12(2)26-16(22)10-25-15(21)7-5-4-6-8-24-3;1-10(16)12(9-13(17)18)23-15(20)11(2)22-14(19)7-5-4-6-8-21-3;1-10(15)11(8-12(16)17)22-14(19)9-21-13(18)6-4-3-5-7-20-2;1-9(13)10(8-11(14)15)18-12(16)6-4-3-5-7-17-2;1-6(12)8(4-9(13)14)19-11(16)7(2)18-10(15)5-17-3;1-5(10)7(4-8(11)12)15-9(13)6(2)14-3;1-5(9)6(3-7(10)11)14-8(12)4-13-2/h12-13H,4-10H2,1-3H3,(H,19,20);11-12H,4-9H2,1-3H3,(H,17,18);11H,3-9H2,1-2H3,(H,16,17);10H,3-8H2,1-2H3,(H,14,15);7-8H,4-5H2,1-3H3,(H,13,14);6-7H,4H2,1-3H3,(H,11,12);6H,3-4H2,1-2H3,(H,10,11). The number of unbranched alkanes of at least 4 members (excludes halogenated alkanes) is 8. The molecule has 138 heavy (non-hydrogen) atoms. The number of aliphatic carboxylic acids is 7. The van der Waals surface area contributed by atoms with Gasteiger partial charge in [-0.15, -0.1) is 0 Å². The maximum absolute atomic E-state index is 11.8. The van der Waals surface area contributed by atoms with Gasteiger partial charge < -0.3 is 126 Å². The summed E-state index contributed by atoms with van der Waals surface area (Å²) in [5.41, 5.74) is 0. The van der Waals surface area contributed by atoms with Gasteiger partial charge in [-0.3, -0.25) is 86.3 Å². The van der Waals surface area contributed by atoms with Crippen LogP contribution < -0.4 is 0 Å². The summed E-state index contributed by atoms with van der Waals surface area (Å²) in [6, 6.07) is 0. The number of hydrogen-bond donors (Lipinski definition) is 7. The first-order chi connectivity index (χ1) is 64.4. The minimum atomic E-state index is -1.47. The van der Waals surface area contributed by atoms with E-state index >= 15 is 0 Å². The van der Waals surface area contributed by atoms with E-state index in [2.05, 4.69) is 37.9 Å². The fraction of sp³-hybridized carbons (Fsp3) is 0.698. The van der Waals surface area contributed by atoms with Crippen molar-refractivity contribution in [1.29, 1.82) is 0 Å². The van der Waals surface area contributed by atoms with Crippen molar-refractivity contribution < 1.29 is 250 Å². The molecule has 0 radical (unpaired) electrons. The van der Waals surface area contributed by atoms with E-state index < -0.39 is 279 Å². The molecule has 0 fully saturated rings. The van der Waals surface area contributed by atoms with Crippen LogP contribution >= 0.6 is 0 Å². The monoisotopic (exact) mass is 2000 g/mol. The number of carbonyl (C=O) groups excluding carboxylic acids is 19. The molecule has 0 aliphatic carbocycles. The van der Waals surface area contributed by atoms with Crippen LogP contribution in [0.2, 0.25) is 0 Å². The molecule has 11 atom stereocenters. The average molecular weight is 2000 g/mol. The Morgan fingerprint density at radius 3 is 0.572 bits per heavy atom. The number of ether oxygens (including phenoxy) is 19. The molecule has 0 saturated carbocycles. The number of methoxy groups -OCH3 is 7. The Labute approximate surface area is 795 Å². The lowest BCUT2D eigenvalue weighted by molar-refractivity contribution is -0.176. The van der Waals surface area contributed by atoms with Crippen molar-refractivity contribution in [3.8, 4) is 0 Å². The predicted molar refractivity (Wildman–Crippen MR) is 460 cm³/mol. The summed E-state index contributed by atoms with van der Waals surface area (Å²) >= 11 is 0. The third kappa shape index (κ3) is 87.4. The van der Waals surface area contributed by atoms with Gasteiger partial charge in [0.15, 0.2) is 121 Å². The summed E-state index contributed by atoms with van der Waals surface area (Å²) in [7, 11) is 10.3. The van der Waals surface area contributed by atoms with Gasteiger partial charge in [0.25, 0.3) is 0 Å². The Kier molecular flexibility index (Phi) is 86.2. The molecule has 0 amide bonds. The van der Waals surface area contributed by atoms with Gasteiger partial charge in [-0.1, -0.05) is 25.7 Å². The molecule has 0 saturated heterocycles. The number of rotatable bonds is 68. The van der Waals surface area contributed by atoms with E-state index in [4.69, 9.17) is 87.9 Å². The quantitative estimate of drug-likeness (QED) is 0.0261. The highest BCUT2D eigenvalue weighted by molar-refractivity contribution is 5.93. The SMILES string of the molecule is COC(C)C(=O)OC(CC(=O)O)C(C)=O.COCC(=O)OC(C)C(=O)OC(CC(=O)O)C(C)=O.COCC(=O)OC(CC(=O)O)C(C)=O.COCCCCCC(=O)OC(C)C(=O)OC(CC(=O)O)C(C)=O.COCCCCCC(=O)OC(CC(=O)O)C(C)=O.COCCCCCC(=O)OCC(=O)OC(C)C(=O)OC(CC(=O)O)C(C)=O.COCCCCCC(=O)OCC(=O)OC(CC(=O)O)C(C)=O. The fourth-order valence-electron chi connectivity index (χ4n) is 8.92. The van der Waals surface area contributed by atoms with Crippen molar-refractivity contribution in [2.75, 3.05) is 103 Å². The van der Waals surface area contributed by atoms with Crippen LogP contribution in [-0.2, 0) is 215 Å². The van der Waals surface area contributed by atoms with Crippen LogP contribution in [0.1, 0.15) is 224 Å². The highest BCUT2D eigenvalue weighted by Crippen LogP contribution is 2.14. The second kappa shape index (κ2) is 86.0. The maximum Gasteiger partial charge on any atom is 0.347 e. The van der Waals surface area contributed by atoms with E-state index in [1.807, 2.05) is 0 Å². The minimum Gasteiger partial charge on any atom is -0.481 e. The van der Waals surface area contributed by atoms with Crippen LogP contribution in [-0.4, -0.2) is 359 Å². The summed E-state index contributed by atoms with van der Waals surface area (Å²) in [5.74, 6) is -22.0. The molecular weight excluding hydrogens is 1860 g/mol. The molecule has 790 valence electrons. The van der Waals surface area contributed by atoms with Crippen LogP contribution in [0.4, 0.5) is 0 Å². The minimum absolute atomic E-state index is 0.143. The number of Topliss-reactive ketones (excluding diaryl/α,β-unsaturated/α-hetero) is 7. The van der Waals surface area contributed by atoms with Gasteiger partial charge in [-0.05, 0) is 128 Å². The molecule has 0 aromatic heterocycles. The van der Waals surface area contributed by atoms with Gasteiger partial charge in [0, 0.05) is 102 Å². The number of hydrogen-bond acceptors (Lipinski definition) is 45. The third-order valence-corrected chi connectivity index (χ3v) is 16.3. The summed E-state index contributed by atoms with van der Waals surface area (Å²) in [6.45, 7) is 13.7. The summed E-state index contributed by atoms with van der Waals surface area (Å²) < 4.78 is 89.7. The second-order valence-corrected chi connectivity index (χ2v) is 28.8. The zero-order valence-corrected chi connectivity index (χ0v) is 80.8. The molecule has 0 aliphatic rings. The fourth-order valence-corrected chi connectivity index (χ4v) is 8.92. The largest absolute Gasteiger partial charge is 0.481 e. The predicted octanol–water partition coefficient (Wildman–Crippen LogP) is 2.77. The van der Waals surface area contributed by atoms with E-state index in [0.717, 1.165) is 86.0 Å². The van der Waals surface area contributed by atoms with Crippen LogP contribution in [0.25, 0.3) is 0 Å². The number of carbonyl (C=O) groups is 26. The number of carboxylic acid groups (broad SMARTS) is 7. The van der Waals surface area contributed by atoms with Crippen molar-refractivity contribution in [1.82, 2.24) is 0 Å². The van der Waals surface area contributed by atoms with Crippen LogP contribution in [0.5, 0.6) is 0 Å². The lowest BCUT2D eigenvalue weighted by Crippen LogP contribution is -2.35. The Morgan fingerprint density at radius 2 is 0.370 bits per heavy atom. The molecule has 0 aliphatic heterocycles. The smallest absolute Gasteiger partial charge is 0.347 e. The number of carboxylic acids is 7. The lowest BCUT2D eigenvalue weighted by atomic mass is 10.1. The van der Waals surface area contributed by atoms with Crippen LogP contribution in [0.15, 0.2) is 0 Å². The van der Waals surface area contributed by atoms with E-state index in [9.17, 15) is 125 Å². The topological polar surface area (TPSA) is 761 Å². The van der Waals surface area contributed by atoms with Crippen molar-refractivity contribution in [2.24, 2.45) is 0 Å². The van der Waals surface area contributed by atoms with E-state index in [1.165, 1.54) is 62.9 Å². The Morgan fingerprint density at radius 1 is 0.196 bits per heavy atom. The zero-order chi connectivity index (χ0) is 108. The van der Waals surface area contributed by atoms with Crippen LogP contribution in [0, 0.1) is 0 Å². The van der Waals surface area contributed by atoms with Gasteiger partial charge in [0.1, 0.15) is 13.2 Å². The van der Waals surface area contributed by atoms with Crippen molar-refractivity contribution in [3.63, 3.8) is 0 Å². The van der Waals surface area contributed by atoms with Crippen molar-refractivity contribution in [3.05, 3.63) is 0 Å². The molecule has 52 heteroatoms. The Balaban J connectivity index is -0.000000293. The van der Waals surface area contributed by atoms with E-state index in [1.54, 1.807) is 28.4 Å². The van der Waals surface area contributed by atoms with Gasteiger partial charge in [-0.2, -0.15) is 0 Å². The summed E-state index contributed by atoms with van der Waals surface area (Å²) in [4.78, 5) is 288. The summed E-state index contributed by atoms with van der Waals surface area (Å²) in [6.07, 6.45) is -8.34. The lowest BCUT2D eigenvalue weighted by Gasteiger charge is -2.17. The molecule has 0 aromatic carbocycles. The molecular formula is C86H134O52. The average Bonchev–Trinajstić information content (AvgIpc) is 1.68. The van der Waals surface area contributed by atoms with Gasteiger partial charge in [0.2, 0.25) is 0 Å². The molecule has 11 unspecified atom stereocenters. The molecule has 0 rings (SSSR count). The number of esters is 12. The molecule has 0 spiro atoms. The Hall–Kier alpha value is -12.7. The number of ketones is 7. The molecule has 0 aromatic rings. The van der Waals surface area contributed by atoms with Crippen LogP contribution in [0.3, 0.4) is 0 Å². The molecule has 7 N–H and O–H groups in total. The molecule has 52 nitrogen and oxygen atoms in total.